The zero-order chi connectivity index (χ0) is 20.5. The van der Waals surface area contributed by atoms with Crippen LogP contribution in [0, 0.1) is 48.0 Å². The van der Waals surface area contributed by atoms with Gasteiger partial charge in [0.1, 0.15) is 5.82 Å². The molecule has 2 fully saturated rings. The van der Waals surface area contributed by atoms with Gasteiger partial charge in [0, 0.05) is 2.85 Å². The average Bonchev–Trinajstić information content (AvgIpc) is 2.73. The molecule has 0 aromatic heterocycles. The Labute approximate surface area is 182 Å². The summed E-state index contributed by atoms with van der Waals surface area (Å²) >= 11 is 0. The van der Waals surface area contributed by atoms with Gasteiger partial charge in [0.05, 0.1) is 12.0 Å². The first kappa shape index (κ1) is 23.0. The molecule has 2 saturated carbocycles. The van der Waals surface area contributed by atoms with E-state index in [2.05, 4.69) is 6.92 Å². The lowest BCUT2D eigenvalue weighted by Gasteiger charge is -2.37. The topological polar surface area (TPSA) is 9.23 Å². The van der Waals surface area contributed by atoms with Crippen molar-refractivity contribution < 1.29 is 20.8 Å². The lowest BCUT2D eigenvalue weighted by atomic mass is 9.69. The fourth-order valence-electron chi connectivity index (χ4n) is 5.36. The molecule has 2 aliphatic carbocycles. The molecule has 0 saturated heterocycles. The zero-order valence-electron chi connectivity index (χ0n) is 17.4. The number of aryl methyl sites for hydroxylation is 1. The molecule has 4 rings (SSSR count). The number of ether oxygens (including phenoxy) is 1. The van der Waals surface area contributed by atoms with Gasteiger partial charge in [0.25, 0.3) is 0 Å². The van der Waals surface area contributed by atoms with Crippen molar-refractivity contribution in [3.63, 3.8) is 0 Å². The number of hydrogen-bond donors (Lipinski definition) is 0. The number of fused-ring (bicyclic) bond motifs is 1. The van der Waals surface area contributed by atoms with Gasteiger partial charge < -0.3 is 4.74 Å². The summed E-state index contributed by atoms with van der Waals surface area (Å²) in [7, 11) is 0. The smallest absolute Gasteiger partial charge is 0.201 e. The molecular weight excluding hydrogens is 385 g/mol. The highest BCUT2D eigenvalue weighted by molar-refractivity contribution is 5.86. The first-order chi connectivity index (χ1) is 13.9. The van der Waals surface area contributed by atoms with Crippen LogP contribution in [0.25, 0.3) is 10.8 Å². The minimum atomic E-state index is -1.16. The van der Waals surface area contributed by atoms with Gasteiger partial charge in [-0.3, -0.25) is 0 Å². The third-order valence-corrected chi connectivity index (χ3v) is 7.38. The molecule has 0 heterocycles. The van der Waals surface area contributed by atoms with Crippen LogP contribution in [-0.2, 0) is 0 Å². The third-order valence-electron chi connectivity index (χ3n) is 7.38. The Kier molecular flexibility index (Phi) is 7.36. The number of rotatable bonds is 4. The SMILES string of the molecule is C.Cc1ccc2cc(OCC3CCC(C4CCC(C)CC4)CC3)c(F)c(F)c2c1F.[HH].[HH]. The molecule has 0 atom stereocenters. The Morgan fingerprint density at radius 1 is 0.867 bits per heavy atom. The molecule has 30 heavy (non-hydrogen) atoms. The van der Waals surface area contributed by atoms with E-state index < -0.39 is 17.5 Å². The Morgan fingerprint density at radius 3 is 2.10 bits per heavy atom. The van der Waals surface area contributed by atoms with Gasteiger partial charge in [-0.05, 0) is 86.1 Å². The Balaban J connectivity index is 0.00000171. The summed E-state index contributed by atoms with van der Waals surface area (Å²) in [5.74, 6) is -0.117. The fourth-order valence-corrected chi connectivity index (χ4v) is 5.36. The van der Waals surface area contributed by atoms with Gasteiger partial charge in [-0.1, -0.05) is 39.3 Å². The summed E-state index contributed by atoms with van der Waals surface area (Å²) in [6.07, 6.45) is 10.1. The first-order valence-electron chi connectivity index (χ1n) is 11.1. The minimum absolute atomic E-state index is 0. The van der Waals surface area contributed by atoms with Crippen molar-refractivity contribution in [3.05, 3.63) is 41.2 Å². The molecule has 0 amide bonds. The maximum absolute atomic E-state index is 14.5. The molecule has 1 nitrogen and oxygen atoms in total. The van der Waals surface area contributed by atoms with E-state index in [1.165, 1.54) is 44.6 Å². The standard InChI is InChI=1S/C25H31F3O.CH4.2H2/c1-15-3-8-18(9-4-15)19-11-6-17(7-12-19)14-29-21-13-20-10-5-16(2)23(26)22(20)25(28)24(21)27;;;/h5,10,13,15,17-19H,3-4,6-9,11-12,14H2,1-2H3;1H4;2*1H. The van der Waals surface area contributed by atoms with Crippen molar-refractivity contribution in [3.8, 4) is 5.75 Å². The van der Waals surface area contributed by atoms with E-state index in [1.54, 1.807) is 19.1 Å². The highest BCUT2D eigenvalue weighted by atomic mass is 19.2. The number of benzene rings is 2. The summed E-state index contributed by atoms with van der Waals surface area (Å²) in [6.45, 7) is 4.29. The van der Waals surface area contributed by atoms with Crippen LogP contribution in [0.5, 0.6) is 5.75 Å². The normalized spacial score (nSPS) is 27.0. The van der Waals surface area contributed by atoms with Crippen LogP contribution in [0.15, 0.2) is 18.2 Å². The van der Waals surface area contributed by atoms with Gasteiger partial charge in [-0.25, -0.2) is 8.78 Å². The monoisotopic (exact) mass is 424 g/mol. The second-order valence-electron chi connectivity index (χ2n) is 9.41. The van der Waals surface area contributed by atoms with Crippen molar-refractivity contribution in [2.45, 2.75) is 72.6 Å². The molecular formula is C26H39F3O. The lowest BCUT2D eigenvalue weighted by Crippen LogP contribution is -2.27. The highest BCUT2D eigenvalue weighted by Crippen LogP contribution is 2.41. The summed E-state index contributed by atoms with van der Waals surface area (Å²) in [4.78, 5) is 0. The third kappa shape index (κ3) is 4.63. The Morgan fingerprint density at radius 2 is 1.47 bits per heavy atom. The van der Waals surface area contributed by atoms with Crippen LogP contribution in [0.4, 0.5) is 13.2 Å². The molecule has 0 bridgehead atoms. The summed E-state index contributed by atoms with van der Waals surface area (Å²) in [5.41, 5.74) is 0.300. The van der Waals surface area contributed by atoms with E-state index in [0.717, 1.165) is 30.6 Å². The quantitative estimate of drug-likeness (QED) is 0.477. The van der Waals surface area contributed by atoms with E-state index in [1.807, 2.05) is 0 Å². The molecule has 2 aromatic carbocycles. The van der Waals surface area contributed by atoms with Crippen LogP contribution < -0.4 is 4.74 Å². The van der Waals surface area contributed by atoms with Crippen LogP contribution in [0.2, 0.25) is 0 Å². The molecule has 0 radical (unpaired) electrons. The van der Waals surface area contributed by atoms with Gasteiger partial charge in [-0.15, -0.1) is 0 Å². The van der Waals surface area contributed by atoms with Gasteiger partial charge in [-0.2, -0.15) is 4.39 Å². The van der Waals surface area contributed by atoms with Crippen LogP contribution >= 0.6 is 0 Å². The van der Waals surface area contributed by atoms with Crippen LogP contribution in [0.3, 0.4) is 0 Å². The van der Waals surface area contributed by atoms with E-state index in [9.17, 15) is 13.2 Å². The molecule has 2 aliphatic rings. The van der Waals surface area contributed by atoms with E-state index >= 15 is 0 Å². The van der Waals surface area contributed by atoms with Crippen molar-refractivity contribution >= 4 is 10.8 Å². The van der Waals surface area contributed by atoms with Gasteiger partial charge in [0.15, 0.2) is 11.6 Å². The molecule has 0 N–H and O–H groups in total. The van der Waals surface area contributed by atoms with E-state index in [4.69, 9.17) is 4.74 Å². The zero-order valence-corrected chi connectivity index (χ0v) is 17.4. The minimum Gasteiger partial charge on any atom is -0.490 e. The second-order valence-corrected chi connectivity index (χ2v) is 9.41. The molecule has 0 unspecified atom stereocenters. The lowest BCUT2D eigenvalue weighted by molar-refractivity contribution is 0.124. The Hall–Kier alpha value is -1.71. The van der Waals surface area contributed by atoms with Crippen LogP contribution in [0.1, 0.15) is 74.1 Å². The second kappa shape index (κ2) is 9.62. The summed E-state index contributed by atoms with van der Waals surface area (Å²) in [5, 5.41) is 0.0365. The van der Waals surface area contributed by atoms with Gasteiger partial charge >= 0.3 is 0 Å². The summed E-state index contributed by atoms with van der Waals surface area (Å²) in [6, 6.07) is 4.61. The van der Waals surface area contributed by atoms with Crippen LogP contribution in [-0.4, -0.2) is 6.61 Å². The average molecular weight is 425 g/mol. The molecule has 4 heteroatoms. The van der Waals surface area contributed by atoms with Crippen molar-refractivity contribution in [1.29, 1.82) is 0 Å². The number of halogens is 3. The van der Waals surface area contributed by atoms with Gasteiger partial charge in [0.2, 0.25) is 5.82 Å². The highest BCUT2D eigenvalue weighted by Gasteiger charge is 2.30. The number of hydrogen-bond acceptors (Lipinski definition) is 1. The first-order valence-corrected chi connectivity index (χ1v) is 11.1. The summed E-state index contributed by atoms with van der Waals surface area (Å²) < 4.78 is 48.8. The largest absolute Gasteiger partial charge is 0.490 e. The predicted octanol–water partition coefficient (Wildman–Crippen LogP) is 8.71. The van der Waals surface area contributed by atoms with E-state index in [-0.39, 0.29) is 21.4 Å². The molecule has 0 aliphatic heterocycles. The maximum atomic E-state index is 14.5. The van der Waals surface area contributed by atoms with Crippen molar-refractivity contribution in [1.82, 2.24) is 0 Å². The van der Waals surface area contributed by atoms with Crippen molar-refractivity contribution in [2.75, 3.05) is 6.61 Å². The maximum Gasteiger partial charge on any atom is 0.201 e. The Bertz CT molecular complexity index is 873. The molecule has 170 valence electrons. The fraction of sp³-hybridized carbons (Fsp3) is 0.615. The molecule has 2 aromatic rings. The predicted molar refractivity (Wildman–Crippen MR) is 122 cm³/mol. The van der Waals surface area contributed by atoms with Crippen molar-refractivity contribution in [2.24, 2.45) is 23.7 Å². The van der Waals surface area contributed by atoms with E-state index in [0.29, 0.717) is 23.5 Å². The molecule has 0 spiro atoms.